The Morgan fingerprint density at radius 1 is 1.39 bits per heavy atom. The summed E-state index contributed by atoms with van der Waals surface area (Å²) in [5, 5.41) is 2.86. The molecular weight excluding hydrogens is 413 g/mol. The second-order valence-electron chi connectivity index (χ2n) is 7.52. The van der Waals surface area contributed by atoms with E-state index in [9.17, 15) is 22.8 Å². The molecule has 1 N–H and O–H groups in total. The van der Waals surface area contributed by atoms with Crippen LogP contribution >= 0.6 is 0 Å². The maximum absolute atomic E-state index is 12.9. The quantitative estimate of drug-likeness (QED) is 0.765. The van der Waals surface area contributed by atoms with Gasteiger partial charge in [-0.15, -0.1) is 4.73 Å². The molecule has 1 aliphatic carbocycles. The Labute approximate surface area is 177 Å². The number of hydrogen-bond acceptors (Lipinski definition) is 5. The number of carbonyl (C=O) groups excluding carboxylic acids is 1. The van der Waals surface area contributed by atoms with Gasteiger partial charge in [-0.05, 0) is 24.5 Å². The first kappa shape index (κ1) is 22.6. The number of allylic oxidation sites excluding steroid dienone is 5. The van der Waals surface area contributed by atoms with Crippen LogP contribution in [-0.4, -0.2) is 40.4 Å². The summed E-state index contributed by atoms with van der Waals surface area (Å²) in [4.78, 5) is 36.7. The molecule has 1 aromatic heterocycles. The van der Waals surface area contributed by atoms with Crippen molar-refractivity contribution in [3.05, 3.63) is 57.2 Å². The molecule has 0 bridgehead atoms. The van der Waals surface area contributed by atoms with E-state index in [-0.39, 0.29) is 30.7 Å². The summed E-state index contributed by atoms with van der Waals surface area (Å²) in [7, 11) is 1.32. The second kappa shape index (κ2) is 8.99. The summed E-state index contributed by atoms with van der Waals surface area (Å²) >= 11 is 0. The van der Waals surface area contributed by atoms with Gasteiger partial charge in [0.05, 0.1) is 23.4 Å². The predicted molar refractivity (Wildman–Crippen MR) is 109 cm³/mol. The molecule has 2 aliphatic rings. The summed E-state index contributed by atoms with van der Waals surface area (Å²) in [6.45, 7) is 4.43. The fourth-order valence-corrected chi connectivity index (χ4v) is 3.43. The highest BCUT2D eigenvalue weighted by atomic mass is 19.4. The van der Waals surface area contributed by atoms with E-state index in [0.717, 1.165) is 16.9 Å². The number of nitrogens with one attached hydrogen (secondary N) is 1. The Bertz CT molecular complexity index is 1010. The molecule has 3 rings (SSSR count). The smallest absolute Gasteiger partial charge is 0.411 e. The number of anilines is 1. The number of nitrogens with zero attached hydrogens (tertiary/aromatic N) is 3. The van der Waals surface area contributed by atoms with Crippen LogP contribution in [0.15, 0.2) is 40.4 Å². The van der Waals surface area contributed by atoms with Crippen LogP contribution in [0.5, 0.6) is 0 Å². The number of rotatable bonds is 5. The number of aromatic nitrogens is 2. The van der Waals surface area contributed by atoms with E-state index in [4.69, 9.17) is 4.84 Å². The lowest BCUT2D eigenvalue weighted by Crippen LogP contribution is -2.43. The molecule has 0 radical (unpaired) electrons. The Kier molecular flexibility index (Phi) is 6.56. The van der Waals surface area contributed by atoms with Gasteiger partial charge in [-0.2, -0.15) is 13.2 Å². The number of amides is 1. The molecule has 31 heavy (non-hydrogen) atoms. The zero-order valence-electron chi connectivity index (χ0n) is 17.6. The van der Waals surface area contributed by atoms with Gasteiger partial charge in [0.2, 0.25) is 11.9 Å². The van der Waals surface area contributed by atoms with Crippen molar-refractivity contribution in [3.63, 3.8) is 0 Å². The zero-order chi connectivity index (χ0) is 22.8. The average molecular weight is 438 g/mol. The van der Waals surface area contributed by atoms with E-state index in [1.807, 2.05) is 13.8 Å². The zero-order valence-corrected chi connectivity index (χ0v) is 17.6. The van der Waals surface area contributed by atoms with Gasteiger partial charge in [0, 0.05) is 25.1 Å². The van der Waals surface area contributed by atoms with Crippen molar-refractivity contribution in [2.24, 2.45) is 5.92 Å². The largest absolute Gasteiger partial charge is 0.416 e. The van der Waals surface area contributed by atoms with Gasteiger partial charge in [-0.25, -0.2) is 4.98 Å². The molecule has 0 saturated carbocycles. The van der Waals surface area contributed by atoms with Crippen LogP contribution in [0, 0.1) is 5.92 Å². The van der Waals surface area contributed by atoms with E-state index in [2.05, 4.69) is 10.3 Å². The molecule has 0 spiro atoms. The van der Waals surface area contributed by atoms with Crippen molar-refractivity contribution >= 4 is 11.9 Å². The van der Waals surface area contributed by atoms with E-state index in [1.165, 1.54) is 19.4 Å². The van der Waals surface area contributed by atoms with Crippen molar-refractivity contribution in [2.75, 3.05) is 19.0 Å². The van der Waals surface area contributed by atoms with Gasteiger partial charge in [-0.3, -0.25) is 9.59 Å². The van der Waals surface area contributed by atoms with Crippen molar-refractivity contribution in [3.8, 4) is 0 Å². The van der Waals surface area contributed by atoms with Crippen LogP contribution in [0.1, 0.15) is 37.9 Å². The molecule has 2 heterocycles. The van der Waals surface area contributed by atoms with E-state index in [0.29, 0.717) is 36.2 Å². The standard InChI is InChI=1S/C21H25F3N4O3/c1-4-13(2)18(29)27-10-9-17-16(12-27)19(30)28(31-3)20(26-17)25-11-14-5-7-15(8-6-14)21(22,23)24/h5,7-8,11,13H,4,6,9-10,12H2,1-3H3,(H,25,26). The Hall–Kier alpha value is -3.04. The third-order valence-corrected chi connectivity index (χ3v) is 5.47. The van der Waals surface area contributed by atoms with E-state index >= 15 is 0 Å². The molecule has 7 nitrogen and oxygen atoms in total. The molecule has 0 aromatic carbocycles. The van der Waals surface area contributed by atoms with Crippen LogP contribution in [0.2, 0.25) is 0 Å². The van der Waals surface area contributed by atoms with Gasteiger partial charge < -0.3 is 15.1 Å². The first-order valence-electron chi connectivity index (χ1n) is 10.0. The molecule has 10 heteroatoms. The Morgan fingerprint density at radius 3 is 2.71 bits per heavy atom. The van der Waals surface area contributed by atoms with Crippen LogP contribution in [0.3, 0.4) is 0 Å². The molecule has 1 aromatic rings. The highest BCUT2D eigenvalue weighted by Crippen LogP contribution is 2.30. The average Bonchev–Trinajstić information content (AvgIpc) is 2.76. The molecule has 0 saturated heterocycles. The number of hydrogen-bond donors (Lipinski definition) is 1. The van der Waals surface area contributed by atoms with Crippen LogP contribution in [0.25, 0.3) is 0 Å². The van der Waals surface area contributed by atoms with Crippen LogP contribution in [0.4, 0.5) is 19.1 Å². The normalized spacial score (nSPS) is 18.5. The van der Waals surface area contributed by atoms with Crippen molar-refractivity contribution in [1.29, 1.82) is 0 Å². The second-order valence-corrected chi connectivity index (χ2v) is 7.52. The van der Waals surface area contributed by atoms with E-state index in [1.54, 1.807) is 4.90 Å². The molecule has 0 fully saturated rings. The lowest BCUT2D eigenvalue weighted by Gasteiger charge is -2.30. The first-order chi connectivity index (χ1) is 14.7. The molecule has 1 aliphatic heterocycles. The number of fused-ring (bicyclic) bond motifs is 1. The van der Waals surface area contributed by atoms with Crippen molar-refractivity contribution in [1.82, 2.24) is 14.6 Å². The molecule has 168 valence electrons. The van der Waals surface area contributed by atoms with Crippen molar-refractivity contribution < 1.29 is 22.8 Å². The van der Waals surface area contributed by atoms with Gasteiger partial charge in [-0.1, -0.05) is 26.0 Å². The maximum atomic E-state index is 12.9. The highest BCUT2D eigenvalue weighted by molar-refractivity contribution is 5.78. The first-order valence-corrected chi connectivity index (χ1v) is 10.0. The summed E-state index contributed by atoms with van der Waals surface area (Å²) < 4.78 is 39.1. The van der Waals surface area contributed by atoms with Crippen LogP contribution < -0.4 is 15.7 Å². The minimum absolute atomic E-state index is 0.00109. The van der Waals surface area contributed by atoms with Gasteiger partial charge in [0.1, 0.15) is 7.11 Å². The van der Waals surface area contributed by atoms with Crippen molar-refractivity contribution in [2.45, 2.75) is 45.8 Å². The fourth-order valence-electron chi connectivity index (χ4n) is 3.43. The Balaban J connectivity index is 1.81. The predicted octanol–water partition coefficient (Wildman–Crippen LogP) is 2.98. The minimum atomic E-state index is -4.38. The molecular formula is C21H25F3N4O3. The summed E-state index contributed by atoms with van der Waals surface area (Å²) in [5.41, 5.74) is 0.451. The van der Waals surface area contributed by atoms with E-state index < -0.39 is 17.3 Å². The fraction of sp³-hybridized carbons (Fsp3) is 0.476. The summed E-state index contributed by atoms with van der Waals surface area (Å²) in [6, 6.07) is 0. The number of halogens is 3. The van der Waals surface area contributed by atoms with Gasteiger partial charge in [0.25, 0.3) is 5.56 Å². The van der Waals surface area contributed by atoms with Crippen LogP contribution in [-0.2, 0) is 17.8 Å². The highest BCUT2D eigenvalue weighted by Gasteiger charge is 2.32. The molecule has 1 unspecified atom stereocenters. The number of alkyl halides is 3. The molecule has 1 atom stereocenters. The lowest BCUT2D eigenvalue weighted by molar-refractivity contribution is -0.136. The summed E-state index contributed by atoms with van der Waals surface area (Å²) in [5.74, 6) is 0.000419. The molecule has 1 amide bonds. The monoisotopic (exact) mass is 438 g/mol. The number of carbonyl (C=O) groups is 1. The topological polar surface area (TPSA) is 76.5 Å². The third kappa shape index (κ3) is 4.83. The van der Waals surface area contributed by atoms with Gasteiger partial charge in [0.15, 0.2) is 0 Å². The SMILES string of the molecule is CCC(C)C(=O)N1CCc2nc(NC=C3C=CC(C(F)(F)F)=CC3)n(OC)c(=O)c2C1. The third-order valence-electron chi connectivity index (χ3n) is 5.47. The lowest BCUT2D eigenvalue weighted by atomic mass is 10.0. The Morgan fingerprint density at radius 2 is 2.13 bits per heavy atom. The van der Waals surface area contributed by atoms with Gasteiger partial charge >= 0.3 is 6.18 Å². The maximum Gasteiger partial charge on any atom is 0.416 e. The minimum Gasteiger partial charge on any atom is -0.411 e. The summed E-state index contributed by atoms with van der Waals surface area (Å²) in [6.07, 6.45) is 1.81.